The molecule has 0 aliphatic rings. The Morgan fingerprint density at radius 3 is 1.73 bits per heavy atom. The van der Waals surface area contributed by atoms with Gasteiger partial charge in [0.2, 0.25) is 0 Å². The van der Waals surface area contributed by atoms with Crippen molar-refractivity contribution in [1.29, 1.82) is 0 Å². The molecule has 49 heavy (non-hydrogen) atoms. The van der Waals surface area contributed by atoms with E-state index in [-0.39, 0.29) is 0 Å². The maximum absolute atomic E-state index is 4.90. The molecule has 0 N–H and O–H groups in total. The number of thiazole rings is 1. The number of para-hydroxylation sites is 1. The maximum Gasteiger partial charge on any atom is 0.125 e. The molecule has 0 radical (unpaired) electrons. The van der Waals surface area contributed by atoms with E-state index in [0.29, 0.717) is 0 Å². The summed E-state index contributed by atoms with van der Waals surface area (Å²) in [6, 6.07) is 51.3. The number of fused-ring (bicyclic) bond motifs is 7. The van der Waals surface area contributed by atoms with Gasteiger partial charge < -0.3 is 4.57 Å². The molecular weight excluding hydrogens is 619 g/mol. The molecule has 0 aliphatic carbocycles. The first-order valence-corrected chi connectivity index (χ1v) is 17.1. The Labute approximate surface area is 286 Å². The Balaban J connectivity index is 1.34. The first kappa shape index (κ1) is 27.7. The van der Waals surface area contributed by atoms with E-state index >= 15 is 0 Å². The quantitative estimate of drug-likeness (QED) is 0.187. The van der Waals surface area contributed by atoms with E-state index in [0.717, 1.165) is 60.3 Å². The monoisotopic (exact) mass is 645 g/mol. The second kappa shape index (κ2) is 11.1. The van der Waals surface area contributed by atoms with E-state index in [1.807, 2.05) is 48.9 Å². The summed E-state index contributed by atoms with van der Waals surface area (Å²) in [6.45, 7) is 0. The number of pyridine rings is 2. The highest BCUT2D eigenvalue weighted by Crippen LogP contribution is 2.44. The summed E-state index contributed by atoms with van der Waals surface area (Å²) < 4.78 is 4.80. The smallest absolute Gasteiger partial charge is 0.125 e. The van der Waals surface area contributed by atoms with E-state index in [1.54, 1.807) is 11.3 Å². The Bertz CT molecular complexity index is 2800. The molecule has 0 saturated heterocycles. The summed E-state index contributed by atoms with van der Waals surface area (Å²) in [5, 5.41) is 6.82. The topological polar surface area (TPSA) is 48.5 Å². The van der Waals surface area contributed by atoms with Crippen molar-refractivity contribution in [2.24, 2.45) is 0 Å². The molecule has 0 aliphatic heterocycles. The van der Waals surface area contributed by atoms with Gasteiger partial charge in [0.25, 0.3) is 0 Å². The minimum atomic E-state index is 0.949. The Hall–Kier alpha value is -6.37. The summed E-state index contributed by atoms with van der Waals surface area (Å²) >= 11 is 1.71. The molecule has 0 atom stereocenters. The van der Waals surface area contributed by atoms with Crippen molar-refractivity contribution in [3.8, 4) is 43.8 Å². The summed E-state index contributed by atoms with van der Waals surface area (Å²) in [7, 11) is 0. The Morgan fingerprint density at radius 1 is 0.449 bits per heavy atom. The third-order valence-corrected chi connectivity index (χ3v) is 10.4. The largest absolute Gasteiger partial charge is 0.309 e. The third kappa shape index (κ3) is 4.42. The standard InChI is InChI=1S/C43H27N5S/c1-3-11-28(12-4-1)43-46-27-40(49-43)48-38-21-18-30(36-16-8-10-24-45-36)26-34(38)41-39(48)22-19-32-33-25-29(35-15-7-9-23-44-35)17-20-37(33)47(42(32)41)31-13-5-2-6-14-31/h1-27H. The molecule has 5 aromatic heterocycles. The number of aromatic nitrogens is 5. The zero-order valence-corrected chi connectivity index (χ0v) is 27.0. The fraction of sp³-hybridized carbons (Fsp3) is 0. The lowest BCUT2D eigenvalue weighted by Crippen LogP contribution is -1.94. The lowest BCUT2D eigenvalue weighted by atomic mass is 10.0. The molecule has 6 heteroatoms. The average Bonchev–Trinajstić information content (AvgIpc) is 3.88. The van der Waals surface area contributed by atoms with Gasteiger partial charge in [0.15, 0.2) is 0 Å². The Morgan fingerprint density at radius 2 is 1.06 bits per heavy atom. The molecule has 10 rings (SSSR count). The van der Waals surface area contributed by atoms with Crippen molar-refractivity contribution < 1.29 is 0 Å². The predicted molar refractivity (Wildman–Crippen MR) is 203 cm³/mol. The van der Waals surface area contributed by atoms with Gasteiger partial charge in [-0.15, -0.1) is 0 Å². The molecular formula is C43H27N5S. The van der Waals surface area contributed by atoms with Gasteiger partial charge in [0.05, 0.1) is 39.7 Å². The number of hydrogen-bond acceptors (Lipinski definition) is 4. The van der Waals surface area contributed by atoms with Crippen molar-refractivity contribution in [1.82, 2.24) is 24.1 Å². The van der Waals surface area contributed by atoms with Crippen molar-refractivity contribution in [3.05, 3.63) is 164 Å². The first-order valence-electron chi connectivity index (χ1n) is 16.3. The van der Waals surface area contributed by atoms with Gasteiger partial charge in [0.1, 0.15) is 10.0 Å². The molecule has 0 saturated carbocycles. The second-order valence-corrected chi connectivity index (χ2v) is 13.1. The zero-order valence-electron chi connectivity index (χ0n) is 26.2. The lowest BCUT2D eigenvalue weighted by Gasteiger charge is -2.09. The molecule has 0 bridgehead atoms. The highest BCUT2D eigenvalue weighted by atomic mass is 32.1. The molecule has 0 unspecified atom stereocenters. The highest BCUT2D eigenvalue weighted by molar-refractivity contribution is 7.17. The number of benzene rings is 5. The van der Waals surface area contributed by atoms with Crippen LogP contribution in [-0.2, 0) is 0 Å². The fourth-order valence-electron chi connectivity index (χ4n) is 7.16. The van der Waals surface area contributed by atoms with Crippen LogP contribution in [-0.4, -0.2) is 24.1 Å². The van der Waals surface area contributed by atoms with Crippen molar-refractivity contribution in [3.63, 3.8) is 0 Å². The van der Waals surface area contributed by atoms with Crippen LogP contribution in [0.1, 0.15) is 0 Å². The SMILES string of the molecule is c1ccc(-c2ncc(-n3c4ccc(-c5ccccn5)cc4c4c3ccc3c5cc(-c6ccccn6)ccc5n(-c5ccccc5)c34)s2)cc1. The maximum atomic E-state index is 4.90. The number of rotatable bonds is 5. The molecule has 0 fully saturated rings. The second-order valence-electron chi connectivity index (χ2n) is 12.1. The van der Waals surface area contributed by atoms with Crippen LogP contribution in [0.4, 0.5) is 0 Å². The van der Waals surface area contributed by atoms with Crippen LogP contribution in [0, 0.1) is 0 Å². The van der Waals surface area contributed by atoms with Crippen molar-refractivity contribution in [2.45, 2.75) is 0 Å². The highest BCUT2D eigenvalue weighted by Gasteiger charge is 2.23. The van der Waals surface area contributed by atoms with E-state index in [4.69, 9.17) is 9.97 Å². The molecule has 0 amide bonds. The minimum absolute atomic E-state index is 0.949. The van der Waals surface area contributed by atoms with Gasteiger partial charge in [-0.2, -0.15) is 0 Å². The zero-order chi connectivity index (χ0) is 32.3. The summed E-state index contributed by atoms with van der Waals surface area (Å²) in [5.41, 5.74) is 10.9. The molecule has 230 valence electrons. The van der Waals surface area contributed by atoms with Crippen LogP contribution in [0.25, 0.3) is 87.4 Å². The normalized spacial score (nSPS) is 11.7. The van der Waals surface area contributed by atoms with Crippen molar-refractivity contribution >= 4 is 54.9 Å². The van der Waals surface area contributed by atoms with Crippen LogP contribution < -0.4 is 0 Å². The molecule has 5 nitrogen and oxygen atoms in total. The number of nitrogens with zero attached hydrogens (tertiary/aromatic N) is 5. The molecule has 5 aromatic carbocycles. The van der Waals surface area contributed by atoms with Crippen LogP contribution in [0.5, 0.6) is 0 Å². The van der Waals surface area contributed by atoms with Gasteiger partial charge in [-0.3, -0.25) is 14.5 Å². The van der Waals surface area contributed by atoms with Crippen LogP contribution in [0.15, 0.2) is 164 Å². The molecule has 5 heterocycles. The van der Waals surface area contributed by atoms with E-state index in [2.05, 4.69) is 129 Å². The van der Waals surface area contributed by atoms with E-state index < -0.39 is 0 Å². The van der Waals surface area contributed by atoms with E-state index in [9.17, 15) is 0 Å². The van der Waals surface area contributed by atoms with Crippen LogP contribution in [0.2, 0.25) is 0 Å². The predicted octanol–water partition coefficient (Wildman–Crippen LogP) is 11.1. The molecule has 0 spiro atoms. The fourth-order valence-corrected chi connectivity index (χ4v) is 8.11. The summed E-state index contributed by atoms with van der Waals surface area (Å²) in [6.07, 6.45) is 5.72. The lowest BCUT2D eigenvalue weighted by molar-refractivity contribution is 1.18. The Kier molecular flexibility index (Phi) is 6.29. The van der Waals surface area contributed by atoms with Gasteiger partial charge >= 0.3 is 0 Å². The van der Waals surface area contributed by atoms with Gasteiger partial charge in [-0.25, -0.2) is 4.98 Å². The van der Waals surface area contributed by atoms with Crippen molar-refractivity contribution in [2.75, 3.05) is 0 Å². The van der Waals surface area contributed by atoms with Gasteiger partial charge in [-0.1, -0.05) is 90.2 Å². The van der Waals surface area contributed by atoms with Gasteiger partial charge in [0, 0.05) is 56.3 Å². The number of hydrogen-bond donors (Lipinski definition) is 0. The van der Waals surface area contributed by atoms with Crippen LogP contribution in [0.3, 0.4) is 0 Å². The molecule has 10 aromatic rings. The van der Waals surface area contributed by atoms with Gasteiger partial charge in [-0.05, 0) is 66.7 Å². The first-order chi connectivity index (χ1) is 24.3. The minimum Gasteiger partial charge on any atom is -0.309 e. The van der Waals surface area contributed by atoms with E-state index in [1.165, 1.54) is 27.1 Å². The third-order valence-electron chi connectivity index (χ3n) is 9.33. The average molecular weight is 646 g/mol. The summed E-state index contributed by atoms with van der Waals surface area (Å²) in [4.78, 5) is 14.3. The van der Waals surface area contributed by atoms with Crippen LogP contribution >= 0.6 is 11.3 Å². The summed E-state index contributed by atoms with van der Waals surface area (Å²) in [5.74, 6) is 0.